The lowest BCUT2D eigenvalue weighted by Crippen LogP contribution is -1.85. The first kappa shape index (κ1) is 16.2. The number of allylic oxidation sites excluding steroid dienone is 5. The molecule has 0 bridgehead atoms. The molecule has 0 aromatic heterocycles. The van der Waals surface area contributed by atoms with Gasteiger partial charge in [-0.3, -0.25) is 0 Å². The highest BCUT2D eigenvalue weighted by atomic mass is 16.5. The molecule has 0 unspecified atom stereocenters. The van der Waals surface area contributed by atoms with Gasteiger partial charge in [0, 0.05) is 18.0 Å². The average molecular weight is 306 g/mol. The average Bonchev–Trinajstić information content (AvgIpc) is 2.58. The van der Waals surface area contributed by atoms with E-state index >= 15 is 0 Å². The number of para-hydroxylation sites is 1. The van der Waals surface area contributed by atoms with E-state index in [0.29, 0.717) is 6.61 Å². The third-order valence-corrected chi connectivity index (χ3v) is 2.67. The summed E-state index contributed by atoms with van der Waals surface area (Å²) in [4.78, 5) is 8.07. The van der Waals surface area contributed by atoms with Crippen LogP contribution in [0.15, 0.2) is 89.4 Å². The monoisotopic (exact) mass is 306 g/mol. The molecule has 0 aliphatic carbocycles. The molecule has 116 valence electrons. The smallest absolute Gasteiger partial charge is 0.133 e. The molecule has 0 fully saturated rings. The Bertz CT molecular complexity index is 680. The molecule has 0 amide bonds. The first-order chi connectivity index (χ1) is 11.5. The van der Waals surface area contributed by atoms with Crippen molar-refractivity contribution in [2.24, 2.45) is 9.98 Å². The second kappa shape index (κ2) is 10.6. The third kappa shape index (κ3) is 6.91. The van der Waals surface area contributed by atoms with Crippen LogP contribution in [-0.2, 0) is 4.74 Å². The Morgan fingerprint density at radius 1 is 0.870 bits per heavy atom. The number of hydrogen-bond acceptors (Lipinski definition) is 4. The highest BCUT2D eigenvalue weighted by molar-refractivity contribution is 5.84. The Kier molecular flexibility index (Phi) is 7.46. The summed E-state index contributed by atoms with van der Waals surface area (Å²) in [6.45, 7) is 0.490. The zero-order valence-electron chi connectivity index (χ0n) is 12.7. The van der Waals surface area contributed by atoms with Gasteiger partial charge in [0.1, 0.15) is 18.7 Å². The van der Waals surface area contributed by atoms with Gasteiger partial charge in [-0.05, 0) is 42.5 Å². The minimum absolute atomic E-state index is 0.490. The lowest BCUT2D eigenvalue weighted by Gasteiger charge is -2.03. The second-order valence-corrected chi connectivity index (χ2v) is 4.34. The van der Waals surface area contributed by atoms with Crippen LogP contribution in [0.2, 0.25) is 0 Å². The van der Waals surface area contributed by atoms with Crippen molar-refractivity contribution in [3.05, 3.63) is 85.0 Å². The fourth-order valence-corrected chi connectivity index (χ4v) is 1.64. The molecule has 0 saturated heterocycles. The van der Waals surface area contributed by atoms with Crippen molar-refractivity contribution in [3.8, 4) is 5.75 Å². The van der Waals surface area contributed by atoms with Crippen LogP contribution in [0.1, 0.15) is 5.56 Å². The third-order valence-electron chi connectivity index (χ3n) is 2.67. The van der Waals surface area contributed by atoms with Crippen LogP contribution in [0, 0.1) is 0 Å². The van der Waals surface area contributed by atoms with Crippen LogP contribution in [0.5, 0.6) is 5.75 Å². The largest absolute Gasteiger partial charge is 0.497 e. The van der Waals surface area contributed by atoms with Gasteiger partial charge < -0.3 is 9.47 Å². The fraction of sp³-hybridized carbons (Fsp3) is 0.0526. The van der Waals surface area contributed by atoms with E-state index < -0.39 is 0 Å². The molecular formula is C19H18N2O2. The fourth-order valence-electron chi connectivity index (χ4n) is 1.64. The highest BCUT2D eigenvalue weighted by Gasteiger charge is 1.96. The minimum Gasteiger partial charge on any atom is -0.497 e. The summed E-state index contributed by atoms with van der Waals surface area (Å²) in [5.74, 6) is 0.764. The summed E-state index contributed by atoms with van der Waals surface area (Å²) in [6, 6.07) is 7.75. The molecular weight excluding hydrogens is 288 g/mol. The number of nitrogens with zero attached hydrogens (tertiary/aromatic N) is 2. The van der Waals surface area contributed by atoms with Gasteiger partial charge in [-0.25, -0.2) is 9.98 Å². The molecule has 1 aliphatic heterocycles. The van der Waals surface area contributed by atoms with E-state index in [9.17, 15) is 0 Å². The van der Waals surface area contributed by atoms with Gasteiger partial charge in [-0.1, -0.05) is 24.3 Å². The van der Waals surface area contributed by atoms with E-state index in [1.54, 1.807) is 37.1 Å². The number of hydrogen-bond donors (Lipinski definition) is 0. The summed E-state index contributed by atoms with van der Waals surface area (Å²) in [6.07, 6.45) is 20.9. The molecule has 1 aromatic rings. The van der Waals surface area contributed by atoms with Crippen molar-refractivity contribution in [1.82, 2.24) is 0 Å². The normalized spacial score (nSPS) is 24.9. The summed E-state index contributed by atoms with van der Waals surface area (Å²) in [7, 11) is 0. The molecule has 1 aliphatic rings. The minimum atomic E-state index is 0.490. The van der Waals surface area contributed by atoms with Crippen molar-refractivity contribution < 1.29 is 9.47 Å². The molecule has 0 radical (unpaired) electrons. The van der Waals surface area contributed by atoms with Crippen molar-refractivity contribution in [1.29, 1.82) is 0 Å². The molecule has 0 atom stereocenters. The van der Waals surface area contributed by atoms with E-state index in [1.807, 2.05) is 54.6 Å². The van der Waals surface area contributed by atoms with Crippen molar-refractivity contribution >= 4 is 18.6 Å². The van der Waals surface area contributed by atoms with Crippen LogP contribution >= 0.6 is 0 Å². The van der Waals surface area contributed by atoms with Crippen LogP contribution < -0.4 is 4.74 Å². The van der Waals surface area contributed by atoms with Crippen molar-refractivity contribution in [3.63, 3.8) is 0 Å². The van der Waals surface area contributed by atoms with Gasteiger partial charge in [0.15, 0.2) is 0 Å². The van der Waals surface area contributed by atoms with Crippen LogP contribution in [-0.4, -0.2) is 19.2 Å². The van der Waals surface area contributed by atoms with Gasteiger partial charge in [0.25, 0.3) is 0 Å². The number of aliphatic imine (C=N–C) groups is 2. The Balaban J connectivity index is 2.13. The molecule has 23 heavy (non-hydrogen) atoms. The molecule has 4 heteroatoms. The molecule has 1 heterocycles. The second-order valence-electron chi connectivity index (χ2n) is 4.34. The molecule has 4 nitrogen and oxygen atoms in total. The lowest BCUT2D eigenvalue weighted by molar-refractivity contribution is 0.289. The van der Waals surface area contributed by atoms with E-state index in [0.717, 1.165) is 11.3 Å². The Hall–Kier alpha value is -3.14. The topological polar surface area (TPSA) is 43.2 Å². The number of benzene rings is 1. The van der Waals surface area contributed by atoms with Crippen molar-refractivity contribution in [2.45, 2.75) is 0 Å². The zero-order valence-corrected chi connectivity index (χ0v) is 12.7. The summed E-state index contributed by atoms with van der Waals surface area (Å²) in [5, 5.41) is 0. The molecule has 2 rings (SSSR count). The lowest BCUT2D eigenvalue weighted by atomic mass is 10.2. The van der Waals surface area contributed by atoms with Gasteiger partial charge in [-0.15, -0.1) is 0 Å². The molecule has 0 saturated carbocycles. The number of fused-ring (bicyclic) bond motifs is 1. The predicted octanol–water partition coefficient (Wildman–Crippen LogP) is 4.31. The first-order valence-electron chi connectivity index (χ1n) is 7.19. The Labute approximate surface area is 136 Å². The van der Waals surface area contributed by atoms with E-state index in [4.69, 9.17) is 9.47 Å². The van der Waals surface area contributed by atoms with Crippen LogP contribution in [0.3, 0.4) is 0 Å². The number of ether oxygens (including phenoxy) is 2. The quantitative estimate of drug-likeness (QED) is 0.717. The predicted molar refractivity (Wildman–Crippen MR) is 95.6 cm³/mol. The van der Waals surface area contributed by atoms with Crippen LogP contribution in [0.25, 0.3) is 6.08 Å². The van der Waals surface area contributed by atoms with Gasteiger partial charge in [0.05, 0.1) is 12.5 Å². The van der Waals surface area contributed by atoms with Crippen LogP contribution in [0.4, 0.5) is 0 Å². The summed E-state index contributed by atoms with van der Waals surface area (Å²) in [5.41, 5.74) is 0.961. The van der Waals surface area contributed by atoms with E-state index in [-0.39, 0.29) is 0 Å². The van der Waals surface area contributed by atoms with Gasteiger partial charge in [0.2, 0.25) is 0 Å². The summed E-state index contributed by atoms with van der Waals surface area (Å²) < 4.78 is 10.9. The van der Waals surface area contributed by atoms with Gasteiger partial charge in [-0.2, -0.15) is 0 Å². The Morgan fingerprint density at radius 3 is 2.78 bits per heavy atom. The standard InChI is InChI=1S/C19H18N2O2/c1-4-12-20-17-21-13-8-10-18-9-2-3-11-19(18)23-16-7-6-15-22-14-5-1/h1-13,15-17H,14H2/b5-1-,10-8-,12-4-,15-6-,16-7-,20-17-,21-13-. The molecule has 1 aromatic carbocycles. The molecule has 0 spiro atoms. The Morgan fingerprint density at radius 2 is 1.78 bits per heavy atom. The van der Waals surface area contributed by atoms with E-state index in [1.165, 1.54) is 6.34 Å². The van der Waals surface area contributed by atoms with Crippen molar-refractivity contribution in [2.75, 3.05) is 6.61 Å². The zero-order chi connectivity index (χ0) is 16.0. The maximum atomic E-state index is 5.62. The van der Waals surface area contributed by atoms with Gasteiger partial charge >= 0.3 is 0 Å². The summed E-state index contributed by atoms with van der Waals surface area (Å²) >= 11 is 0. The first-order valence-corrected chi connectivity index (χ1v) is 7.19. The maximum Gasteiger partial charge on any atom is 0.133 e. The SMILES string of the molecule is C1=C/CO/C=C\C=C/Oc2ccccc2\C=C/C=N\C=N/C=C\1. The molecule has 0 N–H and O–H groups in total. The highest BCUT2D eigenvalue weighted by Crippen LogP contribution is 2.19. The maximum absolute atomic E-state index is 5.62. The number of rotatable bonds is 0. The van der Waals surface area contributed by atoms with E-state index in [2.05, 4.69) is 9.98 Å².